The summed E-state index contributed by atoms with van der Waals surface area (Å²) in [6.07, 6.45) is 3.66. The molecule has 1 atom stereocenters. The third-order valence-corrected chi connectivity index (χ3v) is 4.55. The summed E-state index contributed by atoms with van der Waals surface area (Å²) in [6, 6.07) is 0.0548. The van der Waals surface area contributed by atoms with Crippen LogP contribution >= 0.6 is 0 Å². The SMILES string of the molecule is CCCNC(CCC(F)(F)F)C1CCC(CCC)CC1. The normalized spacial score (nSPS) is 25.6. The van der Waals surface area contributed by atoms with E-state index in [4.69, 9.17) is 0 Å². The molecule has 0 bridgehead atoms. The fraction of sp³-hybridized carbons (Fsp3) is 1.00. The highest BCUT2D eigenvalue weighted by molar-refractivity contribution is 4.82. The Kier molecular flexibility index (Phi) is 7.93. The van der Waals surface area contributed by atoms with Gasteiger partial charge in [-0.25, -0.2) is 0 Å². The van der Waals surface area contributed by atoms with Gasteiger partial charge in [-0.05, 0) is 44.1 Å². The highest BCUT2D eigenvalue weighted by atomic mass is 19.4. The van der Waals surface area contributed by atoms with Crippen LogP contribution in [0.3, 0.4) is 0 Å². The zero-order chi connectivity index (χ0) is 15.0. The third-order valence-electron chi connectivity index (χ3n) is 4.55. The molecule has 0 aromatic rings. The molecule has 120 valence electrons. The van der Waals surface area contributed by atoms with E-state index in [0.29, 0.717) is 5.92 Å². The molecule has 20 heavy (non-hydrogen) atoms. The van der Waals surface area contributed by atoms with E-state index in [2.05, 4.69) is 19.2 Å². The van der Waals surface area contributed by atoms with Gasteiger partial charge < -0.3 is 5.32 Å². The summed E-state index contributed by atoms with van der Waals surface area (Å²) in [4.78, 5) is 0. The van der Waals surface area contributed by atoms with Crippen LogP contribution in [0, 0.1) is 11.8 Å². The molecule has 1 nitrogen and oxygen atoms in total. The van der Waals surface area contributed by atoms with Crippen molar-refractivity contribution in [1.29, 1.82) is 0 Å². The smallest absolute Gasteiger partial charge is 0.314 e. The van der Waals surface area contributed by atoms with Crippen LogP contribution in [0.25, 0.3) is 0 Å². The van der Waals surface area contributed by atoms with E-state index >= 15 is 0 Å². The minimum Gasteiger partial charge on any atom is -0.314 e. The van der Waals surface area contributed by atoms with Gasteiger partial charge in [0.05, 0.1) is 0 Å². The first-order valence-corrected chi connectivity index (χ1v) is 8.26. The van der Waals surface area contributed by atoms with Crippen LogP contribution in [0.5, 0.6) is 0 Å². The quantitative estimate of drug-likeness (QED) is 0.640. The molecule has 0 amide bonds. The van der Waals surface area contributed by atoms with E-state index in [1.54, 1.807) is 0 Å². The maximum atomic E-state index is 12.4. The second-order valence-electron chi connectivity index (χ2n) is 6.28. The first-order valence-electron chi connectivity index (χ1n) is 8.26. The van der Waals surface area contributed by atoms with Crippen molar-refractivity contribution >= 4 is 0 Å². The lowest BCUT2D eigenvalue weighted by Crippen LogP contribution is -2.39. The monoisotopic (exact) mass is 293 g/mol. The first kappa shape index (κ1) is 17.8. The number of nitrogens with one attached hydrogen (secondary N) is 1. The fourth-order valence-corrected chi connectivity index (χ4v) is 3.44. The Morgan fingerprint density at radius 2 is 1.70 bits per heavy atom. The molecule has 1 rings (SSSR count). The minimum absolute atomic E-state index is 0.0548. The number of halogens is 3. The van der Waals surface area contributed by atoms with Gasteiger partial charge in [0.25, 0.3) is 0 Å². The van der Waals surface area contributed by atoms with Gasteiger partial charge in [-0.2, -0.15) is 13.2 Å². The van der Waals surface area contributed by atoms with E-state index in [9.17, 15) is 13.2 Å². The summed E-state index contributed by atoms with van der Waals surface area (Å²) in [5, 5.41) is 3.36. The van der Waals surface area contributed by atoms with Crippen LogP contribution in [0.1, 0.15) is 71.6 Å². The standard InChI is InChI=1S/C16H30F3N/c1-3-5-13-6-8-14(9-7-13)15(20-12-4-2)10-11-16(17,18)19/h13-15,20H,3-12H2,1-2H3. The molecular weight excluding hydrogens is 263 g/mol. The van der Waals surface area contributed by atoms with Crippen LogP contribution in [-0.2, 0) is 0 Å². The summed E-state index contributed by atoms with van der Waals surface area (Å²) >= 11 is 0. The molecule has 0 aromatic carbocycles. The topological polar surface area (TPSA) is 12.0 Å². The van der Waals surface area contributed by atoms with E-state index in [1.807, 2.05) is 0 Å². The highest BCUT2D eigenvalue weighted by Gasteiger charge is 2.32. The van der Waals surface area contributed by atoms with Crippen molar-refractivity contribution in [3.05, 3.63) is 0 Å². The first-order chi connectivity index (χ1) is 9.46. The van der Waals surface area contributed by atoms with Gasteiger partial charge in [0, 0.05) is 12.5 Å². The Hall–Kier alpha value is -0.250. The van der Waals surface area contributed by atoms with Crippen molar-refractivity contribution in [2.75, 3.05) is 6.54 Å². The van der Waals surface area contributed by atoms with Gasteiger partial charge >= 0.3 is 6.18 Å². The molecule has 1 saturated carbocycles. The van der Waals surface area contributed by atoms with Crippen LogP contribution in [-0.4, -0.2) is 18.8 Å². The average Bonchev–Trinajstić information content (AvgIpc) is 2.39. The van der Waals surface area contributed by atoms with Gasteiger partial charge in [0.2, 0.25) is 0 Å². The Morgan fingerprint density at radius 3 is 2.20 bits per heavy atom. The Bertz CT molecular complexity index is 245. The van der Waals surface area contributed by atoms with Gasteiger partial charge in [-0.15, -0.1) is 0 Å². The predicted molar refractivity (Wildman–Crippen MR) is 77.7 cm³/mol. The highest BCUT2D eigenvalue weighted by Crippen LogP contribution is 2.35. The largest absolute Gasteiger partial charge is 0.389 e. The lowest BCUT2D eigenvalue weighted by atomic mass is 9.76. The summed E-state index contributed by atoms with van der Waals surface area (Å²) in [5.74, 6) is 1.25. The maximum absolute atomic E-state index is 12.4. The second kappa shape index (κ2) is 8.91. The zero-order valence-corrected chi connectivity index (χ0v) is 12.9. The molecule has 1 aliphatic rings. The van der Waals surface area contributed by atoms with Crippen LogP contribution in [0.4, 0.5) is 13.2 Å². The molecule has 0 saturated heterocycles. The number of alkyl halides is 3. The van der Waals surface area contributed by atoms with Crippen LogP contribution < -0.4 is 5.32 Å². The molecule has 1 N–H and O–H groups in total. The molecular formula is C16H30F3N. The lowest BCUT2D eigenvalue weighted by molar-refractivity contribution is -0.137. The van der Waals surface area contributed by atoms with E-state index in [-0.39, 0.29) is 12.5 Å². The third kappa shape index (κ3) is 6.96. The van der Waals surface area contributed by atoms with Crippen molar-refractivity contribution in [3.8, 4) is 0 Å². The Labute approximate surface area is 121 Å². The summed E-state index contributed by atoms with van der Waals surface area (Å²) in [7, 11) is 0. The lowest BCUT2D eigenvalue weighted by Gasteiger charge is -2.34. The summed E-state index contributed by atoms with van der Waals surface area (Å²) in [6.45, 7) is 5.10. The molecule has 0 radical (unpaired) electrons. The zero-order valence-electron chi connectivity index (χ0n) is 12.9. The summed E-state index contributed by atoms with van der Waals surface area (Å²) in [5.41, 5.74) is 0. The number of rotatable bonds is 8. The Balaban J connectivity index is 2.43. The number of hydrogen-bond acceptors (Lipinski definition) is 1. The predicted octanol–water partition coefficient (Wildman–Crippen LogP) is 5.30. The summed E-state index contributed by atoms with van der Waals surface area (Å²) < 4.78 is 37.3. The fourth-order valence-electron chi connectivity index (χ4n) is 3.44. The van der Waals surface area contributed by atoms with E-state index in [0.717, 1.165) is 31.7 Å². The van der Waals surface area contributed by atoms with Gasteiger partial charge in [0.15, 0.2) is 0 Å². The van der Waals surface area contributed by atoms with Crippen molar-refractivity contribution in [2.45, 2.75) is 83.9 Å². The van der Waals surface area contributed by atoms with Crippen molar-refractivity contribution in [3.63, 3.8) is 0 Å². The minimum atomic E-state index is -4.02. The molecule has 4 heteroatoms. The number of hydrogen-bond donors (Lipinski definition) is 1. The van der Waals surface area contributed by atoms with Gasteiger partial charge in [-0.1, -0.05) is 39.5 Å². The molecule has 0 heterocycles. The maximum Gasteiger partial charge on any atom is 0.389 e. The molecule has 0 aromatic heterocycles. The van der Waals surface area contributed by atoms with Crippen molar-refractivity contribution in [2.24, 2.45) is 11.8 Å². The average molecular weight is 293 g/mol. The van der Waals surface area contributed by atoms with Crippen molar-refractivity contribution < 1.29 is 13.2 Å². The molecule has 0 aliphatic heterocycles. The van der Waals surface area contributed by atoms with Gasteiger partial charge in [0.1, 0.15) is 0 Å². The van der Waals surface area contributed by atoms with E-state index < -0.39 is 12.6 Å². The molecule has 1 aliphatic carbocycles. The Morgan fingerprint density at radius 1 is 1.05 bits per heavy atom. The van der Waals surface area contributed by atoms with Crippen LogP contribution in [0.15, 0.2) is 0 Å². The van der Waals surface area contributed by atoms with Crippen molar-refractivity contribution in [1.82, 2.24) is 5.32 Å². The molecule has 1 unspecified atom stereocenters. The van der Waals surface area contributed by atoms with E-state index in [1.165, 1.54) is 25.7 Å². The van der Waals surface area contributed by atoms with Gasteiger partial charge in [-0.3, -0.25) is 0 Å². The van der Waals surface area contributed by atoms with Crippen LogP contribution in [0.2, 0.25) is 0 Å². The molecule has 0 spiro atoms. The molecule has 1 fully saturated rings. The second-order valence-corrected chi connectivity index (χ2v) is 6.28.